The standard InChI is InChI=1S/C23H49NS.ClH/c1-4-7-9-11-13-15-17-19-21-24(23-25-6-3)22-20-18-16-14-12-10-8-5-2;/h4-23H2,1-3H3;1H. The number of hydrogen-bond acceptors (Lipinski definition) is 2. The van der Waals surface area contributed by atoms with E-state index in [1.807, 2.05) is 0 Å². The van der Waals surface area contributed by atoms with E-state index in [9.17, 15) is 0 Å². The van der Waals surface area contributed by atoms with Crippen LogP contribution >= 0.6 is 24.2 Å². The molecule has 0 saturated heterocycles. The second-order valence-electron chi connectivity index (χ2n) is 7.69. The number of rotatable bonds is 21. The molecule has 0 aliphatic rings. The van der Waals surface area contributed by atoms with Crippen LogP contribution < -0.4 is 0 Å². The third-order valence-corrected chi connectivity index (χ3v) is 6.09. The van der Waals surface area contributed by atoms with Gasteiger partial charge < -0.3 is 0 Å². The summed E-state index contributed by atoms with van der Waals surface area (Å²) in [6, 6.07) is 0. The third-order valence-electron chi connectivity index (χ3n) is 5.13. The summed E-state index contributed by atoms with van der Waals surface area (Å²) in [6.45, 7) is 9.55. The first-order valence-corrected chi connectivity index (χ1v) is 12.8. The summed E-state index contributed by atoms with van der Waals surface area (Å²) < 4.78 is 0. The lowest BCUT2D eigenvalue weighted by Gasteiger charge is -2.21. The summed E-state index contributed by atoms with van der Waals surface area (Å²) >= 11 is 2.10. The van der Waals surface area contributed by atoms with E-state index in [2.05, 4.69) is 37.4 Å². The molecule has 0 aliphatic carbocycles. The van der Waals surface area contributed by atoms with Crippen molar-refractivity contribution < 1.29 is 0 Å². The van der Waals surface area contributed by atoms with Crippen molar-refractivity contribution in [2.75, 3.05) is 24.7 Å². The van der Waals surface area contributed by atoms with E-state index in [0.717, 1.165) is 0 Å². The fraction of sp³-hybridized carbons (Fsp3) is 1.00. The molecule has 0 aliphatic heterocycles. The van der Waals surface area contributed by atoms with Crippen molar-refractivity contribution in [2.45, 2.75) is 124 Å². The van der Waals surface area contributed by atoms with Gasteiger partial charge >= 0.3 is 0 Å². The van der Waals surface area contributed by atoms with Gasteiger partial charge in [-0.05, 0) is 31.7 Å². The molecule has 0 aromatic rings. The number of thioether (sulfide) groups is 1. The molecule has 0 N–H and O–H groups in total. The first kappa shape index (κ1) is 28.8. The predicted octanol–water partition coefficient (Wildman–Crippen LogP) is 8.70. The van der Waals surface area contributed by atoms with Gasteiger partial charge in [0.25, 0.3) is 0 Å². The summed E-state index contributed by atoms with van der Waals surface area (Å²) in [7, 11) is 0. The quantitative estimate of drug-likeness (QED) is 0.138. The molecule has 0 aromatic heterocycles. The maximum absolute atomic E-state index is 2.72. The van der Waals surface area contributed by atoms with Crippen LogP contribution in [0.5, 0.6) is 0 Å². The van der Waals surface area contributed by atoms with E-state index in [1.54, 1.807) is 0 Å². The van der Waals surface area contributed by atoms with Gasteiger partial charge in [-0.25, -0.2) is 0 Å². The average Bonchev–Trinajstić information content (AvgIpc) is 2.63. The molecule has 0 amide bonds. The Morgan fingerprint density at radius 3 is 1.19 bits per heavy atom. The summed E-state index contributed by atoms with van der Waals surface area (Å²) in [6.07, 6.45) is 23.0. The minimum Gasteiger partial charge on any atom is -0.294 e. The zero-order valence-corrected chi connectivity index (χ0v) is 20.0. The highest BCUT2D eigenvalue weighted by atomic mass is 35.5. The zero-order chi connectivity index (χ0) is 18.4. The Balaban J connectivity index is 0. The smallest absolute Gasteiger partial charge is 0.0444 e. The van der Waals surface area contributed by atoms with Crippen molar-refractivity contribution in [2.24, 2.45) is 0 Å². The predicted molar refractivity (Wildman–Crippen MR) is 127 cm³/mol. The van der Waals surface area contributed by atoms with Crippen molar-refractivity contribution in [1.82, 2.24) is 4.90 Å². The van der Waals surface area contributed by atoms with Gasteiger partial charge in [0.2, 0.25) is 0 Å². The fourth-order valence-electron chi connectivity index (χ4n) is 3.40. The summed E-state index contributed by atoms with van der Waals surface area (Å²) in [4.78, 5) is 2.72. The van der Waals surface area contributed by atoms with Crippen LogP contribution in [0.2, 0.25) is 0 Å². The van der Waals surface area contributed by atoms with E-state index in [4.69, 9.17) is 0 Å². The summed E-state index contributed by atoms with van der Waals surface area (Å²) in [5.41, 5.74) is 0. The van der Waals surface area contributed by atoms with Crippen LogP contribution in [0.4, 0.5) is 0 Å². The maximum atomic E-state index is 2.72. The van der Waals surface area contributed by atoms with Gasteiger partial charge in [0.1, 0.15) is 0 Å². The Hall–Kier alpha value is 0.600. The van der Waals surface area contributed by atoms with Crippen LogP contribution in [0.25, 0.3) is 0 Å². The fourth-order valence-corrected chi connectivity index (χ4v) is 4.10. The van der Waals surface area contributed by atoms with Crippen LogP contribution in [-0.2, 0) is 0 Å². The molecule has 0 radical (unpaired) electrons. The van der Waals surface area contributed by atoms with Gasteiger partial charge in [-0.3, -0.25) is 4.90 Å². The van der Waals surface area contributed by atoms with Crippen LogP contribution in [-0.4, -0.2) is 29.6 Å². The van der Waals surface area contributed by atoms with E-state index < -0.39 is 0 Å². The first-order valence-electron chi connectivity index (χ1n) is 11.6. The molecule has 160 valence electrons. The third kappa shape index (κ3) is 22.6. The highest BCUT2D eigenvalue weighted by Crippen LogP contribution is 2.13. The largest absolute Gasteiger partial charge is 0.294 e. The lowest BCUT2D eigenvalue weighted by atomic mass is 10.1. The second kappa shape index (κ2) is 25.6. The number of nitrogens with zero attached hydrogens (tertiary/aromatic N) is 1. The number of hydrogen-bond donors (Lipinski definition) is 0. The Bertz CT molecular complexity index is 218. The molecule has 26 heavy (non-hydrogen) atoms. The molecule has 0 spiro atoms. The van der Waals surface area contributed by atoms with Gasteiger partial charge in [0.15, 0.2) is 0 Å². The van der Waals surface area contributed by atoms with Crippen molar-refractivity contribution in [1.29, 1.82) is 0 Å². The number of halogens is 1. The average molecular weight is 408 g/mol. The van der Waals surface area contributed by atoms with Gasteiger partial charge in [-0.2, -0.15) is 0 Å². The maximum Gasteiger partial charge on any atom is 0.0444 e. The lowest BCUT2D eigenvalue weighted by Crippen LogP contribution is -2.26. The van der Waals surface area contributed by atoms with Gasteiger partial charge in [0, 0.05) is 5.88 Å². The van der Waals surface area contributed by atoms with Crippen LogP contribution in [0.3, 0.4) is 0 Å². The minimum absolute atomic E-state index is 0. The Labute approximate surface area is 177 Å². The minimum atomic E-state index is 0. The topological polar surface area (TPSA) is 3.24 Å². The Morgan fingerprint density at radius 2 is 0.846 bits per heavy atom. The highest BCUT2D eigenvalue weighted by molar-refractivity contribution is 7.99. The Morgan fingerprint density at radius 1 is 0.500 bits per heavy atom. The van der Waals surface area contributed by atoms with E-state index in [0.29, 0.717) is 0 Å². The molecule has 1 nitrogen and oxygen atoms in total. The number of unbranched alkanes of at least 4 members (excludes halogenated alkanes) is 14. The van der Waals surface area contributed by atoms with Crippen LogP contribution in [0.15, 0.2) is 0 Å². The van der Waals surface area contributed by atoms with E-state index >= 15 is 0 Å². The van der Waals surface area contributed by atoms with Crippen molar-refractivity contribution >= 4 is 24.2 Å². The van der Waals surface area contributed by atoms with Crippen LogP contribution in [0, 0.1) is 0 Å². The molecule has 0 rings (SSSR count). The molecular weight excluding hydrogens is 358 g/mol. The van der Waals surface area contributed by atoms with E-state index in [-0.39, 0.29) is 12.4 Å². The van der Waals surface area contributed by atoms with Crippen molar-refractivity contribution in [3.63, 3.8) is 0 Å². The molecular formula is C23H50ClNS. The van der Waals surface area contributed by atoms with Crippen molar-refractivity contribution in [3.8, 4) is 0 Å². The molecule has 0 atom stereocenters. The molecule has 0 saturated carbocycles. The monoisotopic (exact) mass is 407 g/mol. The summed E-state index contributed by atoms with van der Waals surface area (Å²) in [5, 5.41) is 0. The van der Waals surface area contributed by atoms with Gasteiger partial charge in [-0.15, -0.1) is 24.2 Å². The second-order valence-corrected chi connectivity index (χ2v) is 8.93. The molecule has 0 fully saturated rings. The normalized spacial score (nSPS) is 11.1. The lowest BCUT2D eigenvalue weighted by molar-refractivity contribution is 0.302. The van der Waals surface area contributed by atoms with Gasteiger partial charge in [0.05, 0.1) is 0 Å². The van der Waals surface area contributed by atoms with Crippen molar-refractivity contribution in [3.05, 3.63) is 0 Å². The molecule has 0 heterocycles. The van der Waals surface area contributed by atoms with Crippen LogP contribution in [0.1, 0.15) is 124 Å². The highest BCUT2D eigenvalue weighted by Gasteiger charge is 2.04. The molecule has 0 unspecified atom stereocenters. The van der Waals surface area contributed by atoms with Gasteiger partial charge in [-0.1, -0.05) is 111 Å². The van der Waals surface area contributed by atoms with E-state index in [1.165, 1.54) is 127 Å². The summed E-state index contributed by atoms with van der Waals surface area (Å²) in [5.74, 6) is 2.51. The Kier molecular flexibility index (Phi) is 28.4. The zero-order valence-electron chi connectivity index (χ0n) is 18.4. The first-order chi connectivity index (χ1) is 12.3. The molecule has 0 bridgehead atoms. The molecule has 0 aromatic carbocycles. The molecule has 3 heteroatoms. The SMILES string of the molecule is CCCCCCCCCCN(CCCCCCCCCC)CSCC.Cl.